The number of esters is 1. The Morgan fingerprint density at radius 3 is 2.56 bits per heavy atom. The fourth-order valence-corrected chi connectivity index (χ4v) is 3.71. The molecule has 0 spiro atoms. The van der Waals surface area contributed by atoms with E-state index in [2.05, 4.69) is 15.6 Å². The van der Waals surface area contributed by atoms with Gasteiger partial charge in [0.1, 0.15) is 12.4 Å². The number of nitrogens with one attached hydrogen (secondary N) is 2. The first-order valence-corrected chi connectivity index (χ1v) is 10.6. The van der Waals surface area contributed by atoms with Gasteiger partial charge in [0.15, 0.2) is 5.13 Å². The number of urea groups is 1. The number of aromatic nitrogens is 1. The predicted octanol–water partition coefficient (Wildman–Crippen LogP) is 3.30. The molecule has 1 fully saturated rings. The van der Waals surface area contributed by atoms with Gasteiger partial charge in [-0.25, -0.2) is 14.6 Å². The number of hydrogen-bond donors (Lipinski definition) is 2. The molecule has 0 aliphatic carbocycles. The van der Waals surface area contributed by atoms with Gasteiger partial charge < -0.3 is 20.1 Å². The first-order valence-electron chi connectivity index (χ1n) is 9.71. The molecule has 10 heteroatoms. The third-order valence-electron chi connectivity index (χ3n) is 4.71. The topological polar surface area (TPSA) is 110 Å². The largest absolute Gasteiger partial charge is 0.497 e. The molecule has 3 amide bonds. The molecule has 2 heterocycles. The summed E-state index contributed by atoms with van der Waals surface area (Å²) in [4.78, 5) is 41.2. The van der Waals surface area contributed by atoms with E-state index in [9.17, 15) is 14.4 Å². The van der Waals surface area contributed by atoms with Crippen molar-refractivity contribution in [1.29, 1.82) is 0 Å². The average molecular weight is 452 g/mol. The van der Waals surface area contributed by atoms with Crippen LogP contribution in [0.1, 0.15) is 21.6 Å². The van der Waals surface area contributed by atoms with Gasteiger partial charge in [0.05, 0.1) is 31.5 Å². The maximum absolute atomic E-state index is 12.3. The van der Waals surface area contributed by atoms with Gasteiger partial charge in [0.25, 0.3) is 0 Å². The second kappa shape index (κ2) is 9.48. The van der Waals surface area contributed by atoms with Crippen LogP contribution in [0, 0.1) is 0 Å². The number of imide groups is 1. The normalized spacial score (nSPS) is 13.1. The van der Waals surface area contributed by atoms with E-state index in [0.29, 0.717) is 16.4 Å². The van der Waals surface area contributed by atoms with Crippen molar-refractivity contribution in [3.05, 3.63) is 70.7 Å². The molecule has 0 bridgehead atoms. The summed E-state index contributed by atoms with van der Waals surface area (Å²) < 4.78 is 10.5. The van der Waals surface area contributed by atoms with Crippen LogP contribution in [0.3, 0.4) is 0 Å². The van der Waals surface area contributed by atoms with E-state index in [4.69, 9.17) is 9.47 Å². The Bertz CT molecular complexity index is 1110. The van der Waals surface area contributed by atoms with Crippen LogP contribution in [0.5, 0.6) is 5.75 Å². The van der Waals surface area contributed by atoms with Crippen LogP contribution in [-0.2, 0) is 22.7 Å². The Hall–Kier alpha value is -3.92. The molecule has 32 heavy (non-hydrogen) atoms. The molecular formula is C22H20N4O5S. The summed E-state index contributed by atoms with van der Waals surface area (Å²) in [5.41, 5.74) is 2.62. The number of anilines is 2. The number of rotatable bonds is 8. The Morgan fingerprint density at radius 2 is 1.91 bits per heavy atom. The number of carbonyl (C=O) groups excluding carboxylic acids is 3. The number of nitrogens with zero attached hydrogens (tertiary/aromatic N) is 2. The summed E-state index contributed by atoms with van der Waals surface area (Å²) in [7, 11) is 1.61. The van der Waals surface area contributed by atoms with Crippen LogP contribution in [0.2, 0.25) is 0 Å². The lowest BCUT2D eigenvalue weighted by molar-refractivity contribution is -0.125. The number of methoxy groups -OCH3 is 1. The highest BCUT2D eigenvalue weighted by Crippen LogP contribution is 2.23. The Labute approximate surface area is 188 Å². The fourth-order valence-electron chi connectivity index (χ4n) is 3.00. The van der Waals surface area contributed by atoms with Gasteiger partial charge in [-0.3, -0.25) is 9.69 Å². The minimum absolute atomic E-state index is 0.0111. The summed E-state index contributed by atoms with van der Waals surface area (Å²) in [5, 5.41) is 8.17. The quantitative estimate of drug-likeness (QED) is 0.399. The summed E-state index contributed by atoms with van der Waals surface area (Å²) in [6.07, 6.45) is 0. The number of amides is 3. The minimum Gasteiger partial charge on any atom is -0.497 e. The van der Waals surface area contributed by atoms with Crippen molar-refractivity contribution in [1.82, 2.24) is 15.2 Å². The number of hydrogen-bond acceptors (Lipinski definition) is 8. The molecule has 164 valence electrons. The molecule has 1 aliphatic heterocycles. The Balaban J connectivity index is 1.29. The molecule has 1 aromatic heterocycles. The van der Waals surface area contributed by atoms with E-state index in [1.165, 1.54) is 11.3 Å². The highest BCUT2D eigenvalue weighted by molar-refractivity contribution is 7.13. The van der Waals surface area contributed by atoms with Crippen LogP contribution in [0.15, 0.2) is 53.9 Å². The summed E-state index contributed by atoms with van der Waals surface area (Å²) in [6, 6.07) is 13.6. The third kappa shape index (κ3) is 5.03. The van der Waals surface area contributed by atoms with Gasteiger partial charge in [-0.15, -0.1) is 11.3 Å². The highest BCUT2D eigenvalue weighted by Gasteiger charge is 2.28. The maximum atomic E-state index is 12.3. The van der Waals surface area contributed by atoms with Gasteiger partial charge in [0.2, 0.25) is 5.91 Å². The first-order chi connectivity index (χ1) is 15.5. The van der Waals surface area contributed by atoms with Gasteiger partial charge in [-0.05, 0) is 42.0 Å². The number of carbonyl (C=O) groups is 3. The molecule has 2 N–H and O–H groups in total. The van der Waals surface area contributed by atoms with Crippen LogP contribution in [0.4, 0.5) is 15.6 Å². The second-order valence-electron chi connectivity index (χ2n) is 6.91. The lowest BCUT2D eigenvalue weighted by Gasteiger charge is -2.12. The Morgan fingerprint density at radius 1 is 1.16 bits per heavy atom. The van der Waals surface area contributed by atoms with E-state index in [0.717, 1.165) is 21.9 Å². The van der Waals surface area contributed by atoms with Crippen LogP contribution >= 0.6 is 11.3 Å². The van der Waals surface area contributed by atoms with Crippen molar-refractivity contribution in [2.24, 2.45) is 0 Å². The molecule has 0 unspecified atom stereocenters. The van der Waals surface area contributed by atoms with Gasteiger partial charge in [0, 0.05) is 11.1 Å². The van der Waals surface area contributed by atoms with Gasteiger partial charge in [-0.2, -0.15) is 0 Å². The zero-order chi connectivity index (χ0) is 22.5. The Kier molecular flexibility index (Phi) is 6.31. The summed E-state index contributed by atoms with van der Waals surface area (Å²) in [6.45, 7) is 0.212. The molecule has 0 saturated carbocycles. The van der Waals surface area contributed by atoms with E-state index < -0.39 is 12.0 Å². The van der Waals surface area contributed by atoms with Crippen molar-refractivity contribution < 1.29 is 23.9 Å². The van der Waals surface area contributed by atoms with Gasteiger partial charge in [-0.1, -0.05) is 12.1 Å². The van der Waals surface area contributed by atoms with Crippen molar-refractivity contribution in [2.75, 3.05) is 19.0 Å². The zero-order valence-corrected chi connectivity index (χ0v) is 18.0. The molecular weight excluding hydrogens is 432 g/mol. The van der Waals surface area contributed by atoms with Crippen LogP contribution in [-0.4, -0.2) is 41.4 Å². The lowest BCUT2D eigenvalue weighted by atomic mass is 10.1. The molecule has 2 aromatic carbocycles. The molecule has 1 saturated heterocycles. The lowest BCUT2D eigenvalue weighted by Crippen LogP contribution is -2.30. The highest BCUT2D eigenvalue weighted by atomic mass is 32.1. The molecule has 9 nitrogen and oxygen atoms in total. The SMILES string of the molecule is COc1ccc(Nc2nc(COC(=O)c3ccc(CN4C(=O)CNC4=O)cc3)cs2)cc1. The van der Waals surface area contributed by atoms with E-state index >= 15 is 0 Å². The van der Waals surface area contributed by atoms with Crippen molar-refractivity contribution in [3.8, 4) is 5.75 Å². The van der Waals surface area contributed by atoms with Gasteiger partial charge >= 0.3 is 12.0 Å². The average Bonchev–Trinajstić information content (AvgIpc) is 3.39. The van der Waals surface area contributed by atoms with E-state index in [1.54, 1.807) is 31.4 Å². The molecule has 4 rings (SSSR count). The zero-order valence-electron chi connectivity index (χ0n) is 17.2. The van der Waals surface area contributed by atoms with Crippen molar-refractivity contribution in [2.45, 2.75) is 13.2 Å². The number of benzene rings is 2. The van der Waals surface area contributed by atoms with Crippen LogP contribution < -0.4 is 15.4 Å². The smallest absolute Gasteiger partial charge is 0.338 e. The van der Waals surface area contributed by atoms with Crippen molar-refractivity contribution in [3.63, 3.8) is 0 Å². The van der Waals surface area contributed by atoms with E-state index in [1.807, 2.05) is 29.6 Å². The standard InChI is InChI=1S/C22H20N4O5S/c1-30-18-8-6-16(7-9-18)24-21-25-17(13-32-21)12-31-20(28)15-4-2-14(3-5-15)11-26-19(27)10-23-22(26)29/h2-9,13H,10-12H2,1H3,(H,23,29)(H,24,25). The first kappa shape index (κ1) is 21.3. The number of ether oxygens (including phenoxy) is 2. The molecule has 0 atom stereocenters. The fraction of sp³-hybridized carbons (Fsp3) is 0.182. The van der Waals surface area contributed by atoms with Crippen molar-refractivity contribution >= 4 is 40.1 Å². The summed E-state index contributed by atoms with van der Waals surface area (Å²) in [5.74, 6) is 0.0113. The van der Waals surface area contributed by atoms with E-state index in [-0.39, 0.29) is 25.6 Å². The predicted molar refractivity (Wildman–Crippen MR) is 118 cm³/mol. The maximum Gasteiger partial charge on any atom is 0.338 e. The molecule has 1 aliphatic rings. The third-order valence-corrected chi connectivity index (χ3v) is 5.52. The monoisotopic (exact) mass is 452 g/mol. The summed E-state index contributed by atoms with van der Waals surface area (Å²) >= 11 is 1.41. The molecule has 3 aromatic rings. The second-order valence-corrected chi connectivity index (χ2v) is 7.77. The number of thiazole rings is 1. The van der Waals surface area contributed by atoms with Crippen LogP contribution in [0.25, 0.3) is 0 Å². The minimum atomic E-state index is -0.482. The molecule has 0 radical (unpaired) electrons.